The summed E-state index contributed by atoms with van der Waals surface area (Å²) in [5.41, 5.74) is 0.916. The van der Waals surface area contributed by atoms with E-state index >= 15 is 0 Å². The maximum absolute atomic E-state index is 11.9. The van der Waals surface area contributed by atoms with Gasteiger partial charge in [-0.05, 0) is 30.5 Å². The second kappa shape index (κ2) is 6.92. The molecule has 112 valence electrons. The number of hydrogen-bond acceptors (Lipinski definition) is 4. The Labute approximate surface area is 124 Å². The predicted octanol–water partition coefficient (Wildman–Crippen LogP) is 2.09. The van der Waals surface area contributed by atoms with Crippen molar-refractivity contribution in [1.82, 2.24) is 4.90 Å². The SMILES string of the molecule is C=CCCC1C(=O)OC[C@@H](c2ccc(OC)cc2)N1C=O. The average Bonchev–Trinajstić information content (AvgIpc) is 2.53. The van der Waals surface area contributed by atoms with E-state index in [1.54, 1.807) is 13.2 Å². The number of amides is 1. The molecule has 1 aromatic rings. The third-order valence-electron chi connectivity index (χ3n) is 3.64. The smallest absolute Gasteiger partial charge is 0.328 e. The molecule has 1 saturated heterocycles. The number of methoxy groups -OCH3 is 1. The topological polar surface area (TPSA) is 55.8 Å². The van der Waals surface area contributed by atoms with Crippen molar-refractivity contribution in [1.29, 1.82) is 0 Å². The lowest BCUT2D eigenvalue weighted by Gasteiger charge is -2.38. The Morgan fingerprint density at radius 1 is 1.43 bits per heavy atom. The Morgan fingerprint density at radius 2 is 2.14 bits per heavy atom. The molecule has 5 nitrogen and oxygen atoms in total. The van der Waals surface area contributed by atoms with E-state index in [4.69, 9.17) is 9.47 Å². The molecule has 1 aliphatic rings. The summed E-state index contributed by atoms with van der Waals surface area (Å²) in [5.74, 6) is 0.390. The lowest BCUT2D eigenvalue weighted by Crippen LogP contribution is -2.49. The van der Waals surface area contributed by atoms with E-state index in [2.05, 4.69) is 6.58 Å². The zero-order chi connectivity index (χ0) is 15.2. The summed E-state index contributed by atoms with van der Waals surface area (Å²) in [6.45, 7) is 3.82. The van der Waals surface area contributed by atoms with Gasteiger partial charge in [0.1, 0.15) is 18.4 Å². The van der Waals surface area contributed by atoms with Gasteiger partial charge in [0, 0.05) is 0 Å². The minimum absolute atomic E-state index is 0.175. The first kappa shape index (κ1) is 15.1. The molecule has 21 heavy (non-hydrogen) atoms. The number of ether oxygens (including phenoxy) is 2. The van der Waals surface area contributed by atoms with Crippen LogP contribution in [-0.4, -0.2) is 37.0 Å². The number of nitrogens with zero attached hydrogens (tertiary/aromatic N) is 1. The maximum atomic E-state index is 11.9. The summed E-state index contributed by atoms with van der Waals surface area (Å²) < 4.78 is 10.4. The predicted molar refractivity (Wildman–Crippen MR) is 77.8 cm³/mol. The molecule has 0 saturated carbocycles. The van der Waals surface area contributed by atoms with Crippen LogP contribution in [0.3, 0.4) is 0 Å². The quantitative estimate of drug-likeness (QED) is 0.457. The number of benzene rings is 1. The number of carbonyl (C=O) groups excluding carboxylic acids is 2. The fourth-order valence-corrected chi connectivity index (χ4v) is 2.47. The van der Waals surface area contributed by atoms with Crippen LogP contribution in [-0.2, 0) is 14.3 Å². The number of allylic oxidation sites excluding steroid dienone is 1. The minimum atomic E-state index is -0.554. The molecular weight excluding hydrogens is 270 g/mol. The zero-order valence-corrected chi connectivity index (χ0v) is 12.0. The fourth-order valence-electron chi connectivity index (χ4n) is 2.47. The van der Waals surface area contributed by atoms with E-state index in [1.807, 2.05) is 24.3 Å². The molecule has 0 spiro atoms. The van der Waals surface area contributed by atoms with Crippen molar-refractivity contribution < 1.29 is 19.1 Å². The molecule has 1 unspecified atom stereocenters. The Kier molecular flexibility index (Phi) is 4.98. The van der Waals surface area contributed by atoms with Crippen molar-refractivity contribution in [3.05, 3.63) is 42.5 Å². The Hall–Kier alpha value is -2.30. The number of carbonyl (C=O) groups is 2. The normalized spacial score (nSPS) is 21.6. The average molecular weight is 289 g/mol. The van der Waals surface area contributed by atoms with Gasteiger partial charge in [0.15, 0.2) is 0 Å². The van der Waals surface area contributed by atoms with E-state index < -0.39 is 6.04 Å². The molecule has 0 radical (unpaired) electrons. The third kappa shape index (κ3) is 3.24. The van der Waals surface area contributed by atoms with Crippen LogP contribution in [0.4, 0.5) is 0 Å². The largest absolute Gasteiger partial charge is 0.497 e. The van der Waals surface area contributed by atoms with Gasteiger partial charge in [-0.2, -0.15) is 0 Å². The lowest BCUT2D eigenvalue weighted by atomic mass is 10.00. The minimum Gasteiger partial charge on any atom is -0.497 e. The van der Waals surface area contributed by atoms with Crippen LogP contribution in [0, 0.1) is 0 Å². The van der Waals surface area contributed by atoms with Crippen molar-refractivity contribution in [3.8, 4) is 5.75 Å². The molecule has 1 aliphatic heterocycles. The van der Waals surface area contributed by atoms with Crippen molar-refractivity contribution in [2.45, 2.75) is 24.9 Å². The highest BCUT2D eigenvalue weighted by atomic mass is 16.5. The summed E-state index contributed by atoms with van der Waals surface area (Å²) >= 11 is 0. The van der Waals surface area contributed by atoms with Crippen molar-refractivity contribution in [3.63, 3.8) is 0 Å². The molecule has 2 rings (SSSR count). The van der Waals surface area contributed by atoms with Crippen LogP contribution in [0.5, 0.6) is 5.75 Å². The number of cyclic esters (lactones) is 1. The second-order valence-corrected chi connectivity index (χ2v) is 4.85. The van der Waals surface area contributed by atoms with E-state index in [0.717, 1.165) is 17.7 Å². The molecule has 0 aliphatic carbocycles. The number of morpholine rings is 1. The fraction of sp³-hybridized carbons (Fsp3) is 0.375. The second-order valence-electron chi connectivity index (χ2n) is 4.85. The van der Waals surface area contributed by atoms with Crippen molar-refractivity contribution in [2.75, 3.05) is 13.7 Å². The molecular formula is C16H19NO4. The highest BCUT2D eigenvalue weighted by Crippen LogP contribution is 2.29. The van der Waals surface area contributed by atoms with E-state index in [1.165, 1.54) is 4.90 Å². The Balaban J connectivity index is 2.22. The summed E-state index contributed by atoms with van der Waals surface area (Å²) in [4.78, 5) is 24.9. The molecule has 1 fully saturated rings. The standard InChI is InChI=1S/C16H19NO4/c1-3-4-5-14-16(19)21-10-15(17(14)11-18)12-6-8-13(20-2)9-7-12/h3,6-9,11,14-15H,1,4-5,10H2,2H3/t14?,15-/m0/s1. The van der Waals surface area contributed by atoms with Gasteiger partial charge in [0.2, 0.25) is 6.41 Å². The molecule has 1 amide bonds. The zero-order valence-electron chi connectivity index (χ0n) is 12.0. The molecule has 0 N–H and O–H groups in total. The first-order valence-electron chi connectivity index (χ1n) is 6.85. The van der Waals surface area contributed by atoms with Crippen LogP contribution < -0.4 is 4.74 Å². The third-order valence-corrected chi connectivity index (χ3v) is 3.64. The van der Waals surface area contributed by atoms with Crippen LogP contribution in [0.15, 0.2) is 36.9 Å². The molecule has 1 aromatic carbocycles. The molecule has 0 aromatic heterocycles. The van der Waals surface area contributed by atoms with Crippen LogP contribution >= 0.6 is 0 Å². The highest BCUT2D eigenvalue weighted by molar-refractivity contribution is 5.79. The van der Waals surface area contributed by atoms with Crippen molar-refractivity contribution >= 4 is 12.4 Å². The van der Waals surface area contributed by atoms with Gasteiger partial charge < -0.3 is 14.4 Å². The van der Waals surface area contributed by atoms with Gasteiger partial charge >= 0.3 is 5.97 Å². The summed E-state index contributed by atoms with van der Waals surface area (Å²) in [6, 6.07) is 6.59. The van der Waals surface area contributed by atoms with Gasteiger partial charge in [-0.3, -0.25) is 4.79 Å². The number of esters is 1. The van der Waals surface area contributed by atoms with Crippen LogP contribution in [0.2, 0.25) is 0 Å². The van der Waals surface area contributed by atoms with E-state index in [9.17, 15) is 9.59 Å². The Bertz CT molecular complexity index is 512. The molecule has 5 heteroatoms. The lowest BCUT2D eigenvalue weighted by molar-refractivity contribution is -0.166. The van der Waals surface area contributed by atoms with Crippen LogP contribution in [0.25, 0.3) is 0 Å². The summed E-state index contributed by atoms with van der Waals surface area (Å²) in [7, 11) is 1.60. The summed E-state index contributed by atoms with van der Waals surface area (Å²) in [5, 5.41) is 0. The number of rotatable bonds is 6. The van der Waals surface area contributed by atoms with Crippen molar-refractivity contribution in [2.24, 2.45) is 0 Å². The first-order chi connectivity index (χ1) is 10.2. The van der Waals surface area contributed by atoms with Gasteiger partial charge in [-0.1, -0.05) is 18.2 Å². The van der Waals surface area contributed by atoms with Gasteiger partial charge in [-0.25, -0.2) is 4.79 Å². The number of hydrogen-bond donors (Lipinski definition) is 0. The van der Waals surface area contributed by atoms with Gasteiger partial charge in [0.25, 0.3) is 0 Å². The van der Waals surface area contributed by atoms with E-state index in [0.29, 0.717) is 12.8 Å². The molecule has 0 bridgehead atoms. The first-order valence-corrected chi connectivity index (χ1v) is 6.85. The summed E-state index contributed by atoms with van der Waals surface area (Å²) in [6.07, 6.45) is 3.63. The Morgan fingerprint density at radius 3 is 2.71 bits per heavy atom. The monoisotopic (exact) mass is 289 g/mol. The van der Waals surface area contributed by atoms with E-state index in [-0.39, 0.29) is 18.6 Å². The molecule has 2 atom stereocenters. The van der Waals surface area contributed by atoms with Crippen LogP contribution in [0.1, 0.15) is 24.4 Å². The maximum Gasteiger partial charge on any atom is 0.328 e. The highest BCUT2D eigenvalue weighted by Gasteiger charge is 2.37. The van der Waals surface area contributed by atoms with Gasteiger partial charge in [-0.15, -0.1) is 6.58 Å². The molecule has 1 heterocycles. The van der Waals surface area contributed by atoms with Gasteiger partial charge in [0.05, 0.1) is 13.2 Å².